The third-order valence-electron chi connectivity index (χ3n) is 2.05. The molecule has 6 N–H and O–H groups in total. The molecule has 0 aromatic carbocycles. The van der Waals surface area contributed by atoms with Crippen molar-refractivity contribution in [3.8, 4) is 0 Å². The normalized spacial score (nSPS) is 11.9. The smallest absolute Gasteiger partial charge is 0.332 e. The van der Waals surface area contributed by atoms with Crippen LogP contribution >= 0.6 is 0 Å². The van der Waals surface area contributed by atoms with Crippen LogP contribution in [0.4, 0.5) is 17.5 Å². The third kappa shape index (κ3) is 3.01. The van der Waals surface area contributed by atoms with Crippen LogP contribution in [0.3, 0.4) is 0 Å². The summed E-state index contributed by atoms with van der Waals surface area (Å²) in [5.41, 5.74) is 9.89. The van der Waals surface area contributed by atoms with Crippen LogP contribution < -0.4 is 16.8 Å². The maximum Gasteiger partial charge on any atom is 0.332 e. The molecule has 0 aliphatic heterocycles. The van der Waals surface area contributed by atoms with E-state index in [2.05, 4.69) is 15.3 Å². The standard InChI is InChI=1S/C8H12N6O4/c1-3-5(14(17)18)7(13-8(10)12-3)11-2-4(15)6(9)16/h4,15H,2H2,1H3,(H2,9,16)(H3,10,11,12,13). The molecule has 1 aromatic heterocycles. The molecular formula is C8H12N6O4. The average molecular weight is 256 g/mol. The van der Waals surface area contributed by atoms with Gasteiger partial charge in [-0.3, -0.25) is 14.9 Å². The highest BCUT2D eigenvalue weighted by molar-refractivity contribution is 5.79. The molecule has 0 spiro atoms. The Morgan fingerprint density at radius 1 is 1.61 bits per heavy atom. The Balaban J connectivity index is 3.00. The van der Waals surface area contributed by atoms with Crippen LogP contribution in [0.15, 0.2) is 0 Å². The Bertz CT molecular complexity index is 491. The Kier molecular flexibility index (Phi) is 3.94. The van der Waals surface area contributed by atoms with E-state index in [1.54, 1.807) is 0 Å². The summed E-state index contributed by atoms with van der Waals surface area (Å²) in [6.07, 6.45) is -1.49. The molecule has 0 bridgehead atoms. The summed E-state index contributed by atoms with van der Waals surface area (Å²) in [5, 5.41) is 22.4. The first-order valence-corrected chi connectivity index (χ1v) is 4.82. The molecule has 0 fully saturated rings. The topological polar surface area (TPSA) is 170 Å². The van der Waals surface area contributed by atoms with E-state index >= 15 is 0 Å². The lowest BCUT2D eigenvalue weighted by Gasteiger charge is -2.10. The van der Waals surface area contributed by atoms with E-state index in [-0.39, 0.29) is 29.7 Å². The Hall–Kier alpha value is -2.49. The monoisotopic (exact) mass is 256 g/mol. The average Bonchev–Trinajstić information content (AvgIpc) is 2.23. The van der Waals surface area contributed by atoms with Crippen molar-refractivity contribution in [1.29, 1.82) is 0 Å². The minimum Gasteiger partial charge on any atom is -0.381 e. The van der Waals surface area contributed by atoms with E-state index in [9.17, 15) is 20.0 Å². The number of aromatic nitrogens is 2. The number of hydrogen-bond donors (Lipinski definition) is 4. The molecule has 98 valence electrons. The zero-order chi connectivity index (χ0) is 13.9. The number of aryl methyl sites for hydroxylation is 1. The summed E-state index contributed by atoms with van der Waals surface area (Å²) in [6.45, 7) is 1.08. The first-order chi connectivity index (χ1) is 8.32. The lowest BCUT2D eigenvalue weighted by molar-refractivity contribution is -0.385. The molecule has 18 heavy (non-hydrogen) atoms. The Labute approximate surface area is 101 Å². The largest absolute Gasteiger partial charge is 0.381 e. The SMILES string of the molecule is Cc1nc(N)nc(NCC(O)C(N)=O)c1[N+](=O)[O-]. The summed E-state index contributed by atoms with van der Waals surface area (Å²) in [4.78, 5) is 28.0. The minimum absolute atomic E-state index is 0.0727. The van der Waals surface area contributed by atoms with Crippen molar-refractivity contribution >= 4 is 23.4 Å². The number of nitrogens with two attached hydrogens (primary N) is 2. The number of hydrogen-bond acceptors (Lipinski definition) is 8. The van der Waals surface area contributed by atoms with E-state index in [4.69, 9.17) is 11.5 Å². The van der Waals surface area contributed by atoms with Crippen molar-refractivity contribution in [2.45, 2.75) is 13.0 Å². The van der Waals surface area contributed by atoms with Crippen molar-refractivity contribution in [3.63, 3.8) is 0 Å². The van der Waals surface area contributed by atoms with Gasteiger partial charge in [0.25, 0.3) is 0 Å². The van der Waals surface area contributed by atoms with Crippen LogP contribution in [0.2, 0.25) is 0 Å². The molecule has 0 aliphatic rings. The maximum absolute atomic E-state index is 10.8. The molecule has 10 nitrogen and oxygen atoms in total. The molecule has 1 amide bonds. The second-order valence-corrected chi connectivity index (χ2v) is 3.42. The van der Waals surface area contributed by atoms with Gasteiger partial charge in [-0.2, -0.15) is 4.98 Å². The molecule has 0 saturated carbocycles. The van der Waals surface area contributed by atoms with Gasteiger partial charge in [0.05, 0.1) is 11.5 Å². The zero-order valence-electron chi connectivity index (χ0n) is 9.45. The van der Waals surface area contributed by atoms with Crippen LogP contribution in [-0.4, -0.2) is 38.6 Å². The van der Waals surface area contributed by atoms with Crippen LogP contribution in [0.25, 0.3) is 0 Å². The summed E-state index contributed by atoms with van der Waals surface area (Å²) in [5.74, 6) is -1.29. The van der Waals surface area contributed by atoms with Gasteiger partial charge in [-0.1, -0.05) is 0 Å². The molecule has 0 radical (unpaired) electrons. The number of nitrogens with one attached hydrogen (secondary N) is 1. The fourth-order valence-corrected chi connectivity index (χ4v) is 1.22. The van der Waals surface area contributed by atoms with Gasteiger partial charge in [0, 0.05) is 0 Å². The molecule has 1 atom stereocenters. The van der Waals surface area contributed by atoms with Gasteiger partial charge in [0.15, 0.2) is 0 Å². The van der Waals surface area contributed by atoms with Crippen LogP contribution in [0.1, 0.15) is 5.69 Å². The molecule has 0 saturated heterocycles. The molecular weight excluding hydrogens is 244 g/mol. The van der Waals surface area contributed by atoms with Gasteiger partial charge in [-0.25, -0.2) is 4.98 Å². The highest BCUT2D eigenvalue weighted by Crippen LogP contribution is 2.25. The van der Waals surface area contributed by atoms with Crippen molar-refractivity contribution < 1.29 is 14.8 Å². The van der Waals surface area contributed by atoms with Crippen LogP contribution in [-0.2, 0) is 4.79 Å². The maximum atomic E-state index is 10.8. The van der Waals surface area contributed by atoms with Crippen molar-refractivity contribution in [3.05, 3.63) is 15.8 Å². The molecule has 1 rings (SSSR count). The number of primary amides is 1. The number of nitrogens with zero attached hydrogens (tertiary/aromatic N) is 3. The minimum atomic E-state index is -1.49. The Morgan fingerprint density at radius 2 is 2.22 bits per heavy atom. The van der Waals surface area contributed by atoms with E-state index in [1.807, 2.05) is 0 Å². The summed E-state index contributed by atoms with van der Waals surface area (Å²) < 4.78 is 0. The van der Waals surface area contributed by atoms with Crippen molar-refractivity contribution in [2.75, 3.05) is 17.6 Å². The number of amides is 1. The fourth-order valence-electron chi connectivity index (χ4n) is 1.22. The van der Waals surface area contributed by atoms with Gasteiger partial charge in [0.2, 0.25) is 17.7 Å². The van der Waals surface area contributed by atoms with Gasteiger partial charge < -0.3 is 21.9 Å². The van der Waals surface area contributed by atoms with Crippen molar-refractivity contribution in [1.82, 2.24) is 9.97 Å². The number of aliphatic hydroxyl groups excluding tert-OH is 1. The van der Waals surface area contributed by atoms with E-state index < -0.39 is 16.9 Å². The molecule has 1 aromatic rings. The highest BCUT2D eigenvalue weighted by atomic mass is 16.6. The lowest BCUT2D eigenvalue weighted by atomic mass is 10.3. The zero-order valence-corrected chi connectivity index (χ0v) is 9.45. The number of carbonyl (C=O) groups is 1. The molecule has 0 aliphatic carbocycles. The summed E-state index contributed by atoms with van der Waals surface area (Å²) >= 11 is 0. The number of nitro groups is 1. The molecule has 1 unspecified atom stereocenters. The first-order valence-electron chi connectivity index (χ1n) is 4.82. The number of aliphatic hydroxyl groups is 1. The van der Waals surface area contributed by atoms with Gasteiger partial charge >= 0.3 is 5.69 Å². The molecule has 10 heteroatoms. The van der Waals surface area contributed by atoms with Gasteiger partial charge in [-0.05, 0) is 6.92 Å². The number of nitrogen functional groups attached to an aromatic ring is 1. The van der Waals surface area contributed by atoms with Crippen LogP contribution in [0, 0.1) is 17.0 Å². The second-order valence-electron chi connectivity index (χ2n) is 3.42. The predicted octanol–water partition coefficient (Wildman–Crippen LogP) is -1.47. The van der Waals surface area contributed by atoms with E-state index in [0.717, 1.165) is 0 Å². The van der Waals surface area contributed by atoms with Gasteiger partial charge in [0.1, 0.15) is 11.8 Å². The lowest BCUT2D eigenvalue weighted by Crippen LogP contribution is -2.34. The second kappa shape index (κ2) is 5.23. The number of anilines is 2. The highest BCUT2D eigenvalue weighted by Gasteiger charge is 2.22. The van der Waals surface area contributed by atoms with E-state index in [1.165, 1.54) is 6.92 Å². The number of rotatable bonds is 5. The quantitative estimate of drug-likeness (QED) is 0.365. The summed E-state index contributed by atoms with van der Waals surface area (Å²) in [6, 6.07) is 0. The molecule has 1 heterocycles. The van der Waals surface area contributed by atoms with Crippen LogP contribution in [0.5, 0.6) is 0 Å². The Morgan fingerprint density at radius 3 is 2.72 bits per heavy atom. The predicted molar refractivity (Wildman–Crippen MR) is 61.5 cm³/mol. The summed E-state index contributed by atoms with van der Waals surface area (Å²) in [7, 11) is 0. The fraction of sp³-hybridized carbons (Fsp3) is 0.375. The van der Waals surface area contributed by atoms with E-state index in [0.29, 0.717) is 0 Å². The van der Waals surface area contributed by atoms with Crippen molar-refractivity contribution in [2.24, 2.45) is 5.73 Å². The van der Waals surface area contributed by atoms with Gasteiger partial charge in [-0.15, -0.1) is 0 Å². The number of carbonyl (C=O) groups excluding carboxylic acids is 1. The third-order valence-corrected chi connectivity index (χ3v) is 2.05. The first kappa shape index (κ1) is 13.6.